The molecule has 3 heteroatoms. The minimum atomic E-state index is -0.415. The van der Waals surface area contributed by atoms with Crippen LogP contribution >= 0.6 is 11.3 Å². The van der Waals surface area contributed by atoms with E-state index >= 15 is 0 Å². The van der Waals surface area contributed by atoms with Gasteiger partial charge >= 0.3 is 0 Å². The van der Waals surface area contributed by atoms with Crippen LogP contribution in [-0.2, 0) is 5.41 Å². The molecule has 0 N–H and O–H groups in total. The fourth-order valence-electron chi connectivity index (χ4n) is 9.63. The zero-order chi connectivity index (χ0) is 36.1. The average molecular weight is 717 g/mol. The van der Waals surface area contributed by atoms with Crippen LogP contribution in [0, 0.1) is 0 Å². The van der Waals surface area contributed by atoms with Crippen molar-refractivity contribution < 1.29 is 0 Å². The van der Waals surface area contributed by atoms with E-state index in [-0.39, 0.29) is 0 Å². The molecule has 0 radical (unpaired) electrons. The van der Waals surface area contributed by atoms with E-state index in [9.17, 15) is 0 Å². The molecule has 0 aliphatic heterocycles. The molecule has 0 bridgehead atoms. The number of benzene rings is 8. The first-order chi connectivity index (χ1) is 27.3. The van der Waals surface area contributed by atoms with E-state index < -0.39 is 5.41 Å². The number of pyridine rings is 1. The molecule has 2 aromatic heterocycles. The number of hydrogen-bond acceptors (Lipinski definition) is 3. The molecular weight excluding hydrogens is 685 g/mol. The molecule has 256 valence electrons. The Morgan fingerprint density at radius 2 is 1.00 bits per heavy atom. The van der Waals surface area contributed by atoms with Gasteiger partial charge in [0, 0.05) is 48.8 Å². The maximum absolute atomic E-state index is 4.83. The van der Waals surface area contributed by atoms with Crippen LogP contribution in [0.3, 0.4) is 0 Å². The molecule has 0 unspecified atom stereocenters. The quantitative estimate of drug-likeness (QED) is 0.180. The Balaban J connectivity index is 1.10. The van der Waals surface area contributed by atoms with Crippen molar-refractivity contribution in [2.75, 3.05) is 4.90 Å². The predicted octanol–water partition coefficient (Wildman–Crippen LogP) is 14.1. The van der Waals surface area contributed by atoms with Gasteiger partial charge in [-0.25, -0.2) is 0 Å². The van der Waals surface area contributed by atoms with Crippen molar-refractivity contribution in [1.29, 1.82) is 0 Å². The first-order valence-corrected chi connectivity index (χ1v) is 19.7. The van der Waals surface area contributed by atoms with Crippen LogP contribution in [-0.4, -0.2) is 4.98 Å². The minimum Gasteiger partial charge on any atom is -0.310 e. The number of rotatable bonds is 4. The molecule has 55 heavy (non-hydrogen) atoms. The summed E-state index contributed by atoms with van der Waals surface area (Å²) in [7, 11) is 0. The number of nitrogens with zero attached hydrogens (tertiary/aromatic N) is 2. The predicted molar refractivity (Wildman–Crippen MR) is 231 cm³/mol. The Labute approximate surface area is 323 Å². The van der Waals surface area contributed by atoms with E-state index in [0.29, 0.717) is 0 Å². The van der Waals surface area contributed by atoms with E-state index in [1.165, 1.54) is 81.2 Å². The number of thiophene rings is 1. The lowest BCUT2D eigenvalue weighted by atomic mass is 9.70. The van der Waals surface area contributed by atoms with Crippen molar-refractivity contribution in [3.05, 3.63) is 217 Å². The Morgan fingerprint density at radius 1 is 0.418 bits per heavy atom. The fourth-order valence-corrected chi connectivity index (χ4v) is 10.8. The van der Waals surface area contributed by atoms with Gasteiger partial charge in [-0.05, 0) is 104 Å². The van der Waals surface area contributed by atoms with E-state index in [0.717, 1.165) is 22.6 Å². The monoisotopic (exact) mass is 716 g/mol. The van der Waals surface area contributed by atoms with Crippen molar-refractivity contribution in [2.45, 2.75) is 5.41 Å². The van der Waals surface area contributed by atoms with E-state index in [1.54, 1.807) is 0 Å². The lowest BCUT2D eigenvalue weighted by Gasteiger charge is -2.32. The van der Waals surface area contributed by atoms with Crippen molar-refractivity contribution >= 4 is 59.5 Å². The molecule has 10 aromatic rings. The van der Waals surface area contributed by atoms with Gasteiger partial charge < -0.3 is 4.90 Å². The Kier molecular flexibility index (Phi) is 6.46. The van der Waals surface area contributed by atoms with Gasteiger partial charge in [0.25, 0.3) is 0 Å². The first-order valence-electron chi connectivity index (χ1n) is 18.9. The van der Waals surface area contributed by atoms with Crippen molar-refractivity contribution in [3.63, 3.8) is 0 Å². The van der Waals surface area contributed by atoms with Gasteiger partial charge in [-0.3, -0.25) is 4.98 Å². The van der Waals surface area contributed by atoms with Gasteiger partial charge in [-0.1, -0.05) is 140 Å². The van der Waals surface area contributed by atoms with Crippen LogP contribution in [0.25, 0.3) is 64.5 Å². The summed E-state index contributed by atoms with van der Waals surface area (Å²) in [6, 6.07) is 69.5. The zero-order valence-corrected chi connectivity index (χ0v) is 30.6. The van der Waals surface area contributed by atoms with Crippen LogP contribution < -0.4 is 4.90 Å². The highest BCUT2D eigenvalue weighted by Gasteiger charge is 2.51. The van der Waals surface area contributed by atoms with Gasteiger partial charge in [0.15, 0.2) is 0 Å². The summed E-state index contributed by atoms with van der Waals surface area (Å²) >= 11 is 1.84. The van der Waals surface area contributed by atoms with Crippen LogP contribution in [0.1, 0.15) is 22.3 Å². The minimum absolute atomic E-state index is 0.415. The standard InChI is InChI=1S/C52H32N2S/c1-2-11-33(12-3-1)34-20-23-36(24-21-34)54(38-26-28-43-49(32-38)55-48-29-22-35-13-10-30-53-51(35)50(43)48)37-25-27-42-41-16-6-9-19-46(41)52(47(42)31-37)44-17-7-4-14-39(44)40-15-5-8-18-45(40)52/h1-32H. The molecule has 2 aliphatic rings. The summed E-state index contributed by atoms with van der Waals surface area (Å²) in [5.41, 5.74) is 17.1. The molecule has 2 aliphatic carbocycles. The molecule has 0 saturated carbocycles. The lowest BCUT2D eigenvalue weighted by Crippen LogP contribution is -2.26. The Hall–Kier alpha value is -6.81. The van der Waals surface area contributed by atoms with Crippen LogP contribution in [0.15, 0.2) is 194 Å². The molecule has 12 rings (SSSR count). The van der Waals surface area contributed by atoms with E-state index in [4.69, 9.17) is 4.98 Å². The molecule has 0 amide bonds. The smallest absolute Gasteiger partial charge is 0.0795 e. The average Bonchev–Trinajstić information content (AvgIpc) is 3.88. The highest BCUT2D eigenvalue weighted by molar-refractivity contribution is 7.26. The second-order valence-electron chi connectivity index (χ2n) is 14.7. The summed E-state index contributed by atoms with van der Waals surface area (Å²) in [5, 5.41) is 3.65. The summed E-state index contributed by atoms with van der Waals surface area (Å²) in [6.45, 7) is 0. The van der Waals surface area contributed by atoms with E-state index in [1.807, 2.05) is 23.6 Å². The maximum atomic E-state index is 4.83. The second-order valence-corrected chi connectivity index (χ2v) is 15.7. The van der Waals surface area contributed by atoms with Crippen LogP contribution in [0.5, 0.6) is 0 Å². The van der Waals surface area contributed by atoms with E-state index in [2.05, 4.69) is 187 Å². The molecule has 0 atom stereocenters. The molecular formula is C52H32N2S. The molecule has 0 saturated heterocycles. The largest absolute Gasteiger partial charge is 0.310 e. The molecule has 1 spiro atoms. The first kappa shape index (κ1) is 30.6. The maximum Gasteiger partial charge on any atom is 0.0795 e. The number of aromatic nitrogens is 1. The summed E-state index contributed by atoms with van der Waals surface area (Å²) in [5.74, 6) is 0. The Morgan fingerprint density at radius 3 is 1.71 bits per heavy atom. The second kappa shape index (κ2) is 11.6. The molecule has 2 heterocycles. The summed E-state index contributed by atoms with van der Waals surface area (Å²) in [6.07, 6.45) is 1.90. The fraction of sp³-hybridized carbons (Fsp3) is 0.0192. The molecule has 8 aromatic carbocycles. The lowest BCUT2D eigenvalue weighted by molar-refractivity contribution is 0.793. The normalized spacial score (nSPS) is 13.2. The van der Waals surface area contributed by atoms with Gasteiger partial charge in [0.1, 0.15) is 0 Å². The van der Waals surface area contributed by atoms with Crippen LogP contribution in [0.4, 0.5) is 17.1 Å². The van der Waals surface area contributed by atoms with Crippen LogP contribution in [0.2, 0.25) is 0 Å². The Bertz CT molecular complexity index is 3090. The van der Waals surface area contributed by atoms with Gasteiger partial charge in [0.2, 0.25) is 0 Å². The third-order valence-electron chi connectivity index (χ3n) is 11.9. The molecule has 2 nitrogen and oxygen atoms in total. The van der Waals surface area contributed by atoms with Gasteiger partial charge in [-0.15, -0.1) is 11.3 Å². The van der Waals surface area contributed by atoms with Crippen molar-refractivity contribution in [3.8, 4) is 33.4 Å². The van der Waals surface area contributed by atoms with Crippen molar-refractivity contribution in [1.82, 2.24) is 4.98 Å². The molecule has 0 fully saturated rings. The highest BCUT2D eigenvalue weighted by atomic mass is 32.1. The number of fused-ring (bicyclic) bond motifs is 15. The van der Waals surface area contributed by atoms with Gasteiger partial charge in [-0.2, -0.15) is 0 Å². The third-order valence-corrected chi connectivity index (χ3v) is 13.0. The summed E-state index contributed by atoms with van der Waals surface area (Å²) < 4.78 is 2.51. The van der Waals surface area contributed by atoms with Gasteiger partial charge in [0.05, 0.1) is 10.9 Å². The highest BCUT2D eigenvalue weighted by Crippen LogP contribution is 2.63. The number of hydrogen-bond donors (Lipinski definition) is 0. The van der Waals surface area contributed by atoms with Crippen molar-refractivity contribution in [2.24, 2.45) is 0 Å². The third kappa shape index (κ3) is 4.27. The zero-order valence-electron chi connectivity index (χ0n) is 29.8. The number of anilines is 3. The SMILES string of the molecule is c1ccc(-c2ccc(N(c3ccc4c(c3)C3(c5ccccc5-c5ccccc53)c3ccccc3-4)c3ccc4c(c3)sc3ccc5cccnc5c34)cc2)cc1. The topological polar surface area (TPSA) is 16.1 Å². The summed E-state index contributed by atoms with van der Waals surface area (Å²) in [4.78, 5) is 7.27.